The van der Waals surface area contributed by atoms with E-state index in [0.717, 1.165) is 4.88 Å². The zero-order valence-electron chi connectivity index (χ0n) is 7.13. The lowest BCUT2D eigenvalue weighted by molar-refractivity contribution is 0.100. The monoisotopic (exact) mass is 181 g/mol. The largest absolute Gasteiger partial charge is 0.365 e. The highest BCUT2D eigenvalue weighted by molar-refractivity contribution is 7.14. The van der Waals surface area contributed by atoms with Crippen molar-refractivity contribution in [3.63, 3.8) is 0 Å². The third kappa shape index (κ3) is 2.20. The van der Waals surface area contributed by atoms with Crippen LogP contribution in [0.3, 0.4) is 0 Å². The van der Waals surface area contributed by atoms with Crippen LogP contribution in [0.4, 0.5) is 0 Å². The molecule has 0 fully saturated rings. The van der Waals surface area contributed by atoms with Gasteiger partial charge in [0.05, 0.1) is 4.88 Å². The number of allylic oxidation sites excluding steroid dienone is 1. The van der Waals surface area contributed by atoms with E-state index < -0.39 is 0 Å². The fraction of sp³-hybridized carbons (Fsp3) is 0.222. The Morgan fingerprint density at radius 1 is 1.50 bits per heavy atom. The minimum Gasteiger partial charge on any atom is -0.365 e. The molecule has 2 nitrogen and oxygen atoms in total. The van der Waals surface area contributed by atoms with Gasteiger partial charge in [0.15, 0.2) is 0 Å². The highest BCUT2D eigenvalue weighted by atomic mass is 32.1. The Morgan fingerprint density at radius 2 is 2.17 bits per heavy atom. The van der Waals surface area contributed by atoms with Crippen LogP contribution in [-0.2, 0) is 0 Å². The lowest BCUT2D eigenvalue weighted by Gasteiger charge is -1.86. The second-order valence-corrected chi connectivity index (χ2v) is 3.90. The molecule has 0 saturated carbocycles. The summed E-state index contributed by atoms with van der Waals surface area (Å²) in [5.41, 5.74) is 6.32. The van der Waals surface area contributed by atoms with Crippen LogP contribution in [0, 0.1) is 0 Å². The van der Waals surface area contributed by atoms with E-state index >= 15 is 0 Å². The smallest absolute Gasteiger partial charge is 0.258 e. The zero-order valence-corrected chi connectivity index (χ0v) is 7.94. The van der Waals surface area contributed by atoms with E-state index in [2.05, 4.69) is 0 Å². The van der Waals surface area contributed by atoms with Gasteiger partial charge in [-0.05, 0) is 32.1 Å². The number of primary amides is 1. The molecule has 0 unspecified atom stereocenters. The number of thiophene rings is 1. The number of amides is 1. The van der Waals surface area contributed by atoms with Gasteiger partial charge in [0, 0.05) is 4.88 Å². The van der Waals surface area contributed by atoms with Gasteiger partial charge in [-0.2, -0.15) is 0 Å². The zero-order chi connectivity index (χ0) is 9.14. The number of nitrogens with two attached hydrogens (primary N) is 1. The Hall–Kier alpha value is -1.09. The Balaban J connectivity index is 2.92. The highest BCUT2D eigenvalue weighted by Crippen LogP contribution is 2.18. The van der Waals surface area contributed by atoms with E-state index in [1.54, 1.807) is 6.07 Å². The van der Waals surface area contributed by atoms with Gasteiger partial charge in [0.25, 0.3) is 5.91 Å². The molecule has 1 aromatic heterocycles. The number of carbonyl (C=O) groups is 1. The molecule has 1 rings (SSSR count). The molecule has 3 heteroatoms. The molecule has 1 heterocycles. The van der Waals surface area contributed by atoms with Crippen molar-refractivity contribution in [3.05, 3.63) is 27.5 Å². The number of hydrogen-bond donors (Lipinski definition) is 1. The third-order valence-corrected chi connectivity index (χ3v) is 2.35. The van der Waals surface area contributed by atoms with Gasteiger partial charge in [-0.15, -0.1) is 11.3 Å². The van der Waals surface area contributed by atoms with Crippen LogP contribution >= 0.6 is 11.3 Å². The van der Waals surface area contributed by atoms with E-state index in [-0.39, 0.29) is 5.91 Å². The van der Waals surface area contributed by atoms with Crippen molar-refractivity contribution in [1.29, 1.82) is 0 Å². The summed E-state index contributed by atoms with van der Waals surface area (Å²) in [5.74, 6) is -0.353. The molecule has 0 aromatic carbocycles. The first-order chi connectivity index (χ1) is 5.59. The summed E-state index contributed by atoms with van der Waals surface area (Å²) in [5, 5.41) is 0. The van der Waals surface area contributed by atoms with Crippen LogP contribution < -0.4 is 5.73 Å². The predicted molar refractivity (Wildman–Crippen MR) is 52.2 cm³/mol. The first kappa shape index (κ1) is 9.00. The molecule has 0 radical (unpaired) electrons. The second-order valence-electron chi connectivity index (χ2n) is 2.79. The average Bonchev–Trinajstić information content (AvgIpc) is 2.34. The summed E-state index contributed by atoms with van der Waals surface area (Å²) in [6.07, 6.45) is 2.02. The first-order valence-electron chi connectivity index (χ1n) is 3.64. The molecular formula is C9H11NOS. The minimum absolute atomic E-state index is 0.353. The van der Waals surface area contributed by atoms with Gasteiger partial charge in [-0.1, -0.05) is 5.57 Å². The lowest BCUT2D eigenvalue weighted by Crippen LogP contribution is -2.07. The van der Waals surface area contributed by atoms with Gasteiger partial charge < -0.3 is 5.73 Å². The van der Waals surface area contributed by atoms with Crippen LogP contribution in [-0.4, -0.2) is 5.91 Å². The minimum atomic E-state index is -0.353. The molecule has 1 aromatic rings. The van der Waals surface area contributed by atoms with E-state index in [1.807, 2.05) is 26.0 Å². The molecule has 2 N–H and O–H groups in total. The molecule has 0 aliphatic rings. The summed E-state index contributed by atoms with van der Waals surface area (Å²) in [7, 11) is 0. The van der Waals surface area contributed by atoms with Crippen molar-refractivity contribution >= 4 is 23.3 Å². The maximum Gasteiger partial charge on any atom is 0.258 e. The number of carbonyl (C=O) groups excluding carboxylic acids is 1. The van der Waals surface area contributed by atoms with Gasteiger partial charge in [0.1, 0.15) is 0 Å². The van der Waals surface area contributed by atoms with Crippen LogP contribution in [0.15, 0.2) is 17.7 Å². The summed E-state index contributed by atoms with van der Waals surface area (Å²) >= 11 is 1.42. The fourth-order valence-electron chi connectivity index (χ4n) is 0.847. The average molecular weight is 181 g/mol. The molecular weight excluding hydrogens is 170 g/mol. The van der Waals surface area contributed by atoms with Gasteiger partial charge in [0.2, 0.25) is 0 Å². The maximum absolute atomic E-state index is 10.7. The third-order valence-electron chi connectivity index (χ3n) is 1.30. The van der Waals surface area contributed by atoms with Gasteiger partial charge in [-0.25, -0.2) is 0 Å². The van der Waals surface area contributed by atoms with E-state index in [4.69, 9.17) is 5.73 Å². The Labute approximate surface area is 75.7 Å². The first-order valence-corrected chi connectivity index (χ1v) is 4.46. The van der Waals surface area contributed by atoms with Crippen LogP contribution in [0.1, 0.15) is 28.4 Å². The Morgan fingerprint density at radius 3 is 2.58 bits per heavy atom. The molecule has 0 saturated heterocycles. The van der Waals surface area contributed by atoms with Gasteiger partial charge >= 0.3 is 0 Å². The van der Waals surface area contributed by atoms with Crippen molar-refractivity contribution in [2.45, 2.75) is 13.8 Å². The van der Waals surface area contributed by atoms with Crippen molar-refractivity contribution in [2.24, 2.45) is 5.73 Å². The fourth-order valence-corrected chi connectivity index (χ4v) is 1.77. The van der Waals surface area contributed by atoms with E-state index in [9.17, 15) is 4.79 Å². The topological polar surface area (TPSA) is 43.1 Å². The van der Waals surface area contributed by atoms with E-state index in [1.165, 1.54) is 16.9 Å². The molecule has 12 heavy (non-hydrogen) atoms. The van der Waals surface area contributed by atoms with Crippen LogP contribution in [0.2, 0.25) is 0 Å². The maximum atomic E-state index is 10.7. The molecule has 0 spiro atoms. The summed E-state index contributed by atoms with van der Waals surface area (Å²) in [6, 6.07) is 3.65. The van der Waals surface area contributed by atoms with Crippen LogP contribution in [0.25, 0.3) is 6.08 Å². The standard InChI is InChI=1S/C9H11NOS/c1-6(2)5-7-3-4-8(12-7)9(10)11/h3-5H,1-2H3,(H2,10,11). The van der Waals surface area contributed by atoms with Crippen molar-refractivity contribution < 1.29 is 4.79 Å². The van der Waals surface area contributed by atoms with Crippen molar-refractivity contribution in [2.75, 3.05) is 0 Å². The predicted octanol–water partition coefficient (Wildman–Crippen LogP) is 2.27. The quantitative estimate of drug-likeness (QED) is 0.747. The van der Waals surface area contributed by atoms with Crippen molar-refractivity contribution in [1.82, 2.24) is 0 Å². The second kappa shape index (κ2) is 3.54. The van der Waals surface area contributed by atoms with Crippen molar-refractivity contribution in [3.8, 4) is 0 Å². The Kier molecular flexibility index (Phi) is 2.65. The molecule has 0 bridgehead atoms. The summed E-state index contributed by atoms with van der Waals surface area (Å²) in [6.45, 7) is 4.04. The normalized spacial score (nSPS) is 9.50. The molecule has 0 atom stereocenters. The van der Waals surface area contributed by atoms with Gasteiger partial charge in [-0.3, -0.25) is 4.79 Å². The van der Waals surface area contributed by atoms with E-state index in [0.29, 0.717) is 4.88 Å². The summed E-state index contributed by atoms with van der Waals surface area (Å²) < 4.78 is 0. The Bertz CT molecular complexity index is 321. The highest BCUT2D eigenvalue weighted by Gasteiger charge is 2.02. The summed E-state index contributed by atoms with van der Waals surface area (Å²) in [4.78, 5) is 12.4. The van der Waals surface area contributed by atoms with Crippen LogP contribution in [0.5, 0.6) is 0 Å². The lowest BCUT2D eigenvalue weighted by atomic mass is 10.3. The molecule has 1 amide bonds. The number of hydrogen-bond acceptors (Lipinski definition) is 2. The SMILES string of the molecule is CC(C)=Cc1ccc(C(N)=O)s1. The molecule has 0 aliphatic carbocycles. The molecule has 0 aliphatic heterocycles. The molecule has 64 valence electrons. The number of rotatable bonds is 2.